The molecule has 0 radical (unpaired) electrons. The standard InChI is InChI=1S/C16H31N5.HI/c1-4-20-9-11-21(12-10-20)14(2)13-18-16(17-3)19-15-7-5-6-8-15;/h5-6,14-15H,4,7-13H2,1-3H3,(H2,17,18,19);1H. The zero-order valence-electron chi connectivity index (χ0n) is 14.2. The van der Waals surface area contributed by atoms with E-state index in [9.17, 15) is 0 Å². The smallest absolute Gasteiger partial charge is 0.191 e. The van der Waals surface area contributed by atoms with Gasteiger partial charge in [-0.15, -0.1) is 24.0 Å². The van der Waals surface area contributed by atoms with Crippen LogP contribution in [0.5, 0.6) is 0 Å². The van der Waals surface area contributed by atoms with E-state index in [0.29, 0.717) is 12.1 Å². The molecule has 2 aliphatic rings. The number of aliphatic imine (C=N–C) groups is 1. The van der Waals surface area contributed by atoms with E-state index in [1.165, 1.54) is 32.7 Å². The minimum atomic E-state index is 0. The third kappa shape index (κ3) is 6.04. The van der Waals surface area contributed by atoms with E-state index in [4.69, 9.17) is 0 Å². The highest BCUT2D eigenvalue weighted by Crippen LogP contribution is 2.09. The zero-order valence-corrected chi connectivity index (χ0v) is 16.5. The van der Waals surface area contributed by atoms with Gasteiger partial charge in [0.05, 0.1) is 0 Å². The molecule has 0 aromatic rings. The Balaban J connectivity index is 0.00000242. The highest BCUT2D eigenvalue weighted by Gasteiger charge is 2.20. The molecular weight excluding hydrogens is 389 g/mol. The predicted octanol–water partition coefficient (Wildman–Crippen LogP) is 1.51. The monoisotopic (exact) mass is 421 g/mol. The van der Waals surface area contributed by atoms with Gasteiger partial charge in [-0.2, -0.15) is 0 Å². The number of likely N-dealkylation sites (N-methyl/N-ethyl adjacent to an activating group) is 1. The molecule has 0 aromatic carbocycles. The molecule has 0 saturated carbocycles. The molecule has 1 heterocycles. The third-order valence-corrected chi connectivity index (χ3v) is 4.61. The van der Waals surface area contributed by atoms with E-state index in [2.05, 4.69) is 51.4 Å². The van der Waals surface area contributed by atoms with Gasteiger partial charge in [-0.05, 0) is 26.3 Å². The molecule has 1 atom stereocenters. The maximum absolute atomic E-state index is 4.33. The molecule has 2 N–H and O–H groups in total. The summed E-state index contributed by atoms with van der Waals surface area (Å²) >= 11 is 0. The molecule has 22 heavy (non-hydrogen) atoms. The summed E-state index contributed by atoms with van der Waals surface area (Å²) in [6.45, 7) is 11.4. The average Bonchev–Trinajstić information content (AvgIpc) is 3.04. The van der Waals surface area contributed by atoms with Gasteiger partial charge < -0.3 is 15.5 Å². The van der Waals surface area contributed by atoms with Crippen molar-refractivity contribution in [2.75, 3.05) is 46.3 Å². The van der Waals surface area contributed by atoms with E-state index in [-0.39, 0.29) is 24.0 Å². The molecule has 1 fully saturated rings. The fraction of sp³-hybridized carbons (Fsp3) is 0.812. The molecule has 1 aliphatic carbocycles. The summed E-state index contributed by atoms with van der Waals surface area (Å²) < 4.78 is 0. The minimum absolute atomic E-state index is 0. The molecular formula is C16H32IN5. The summed E-state index contributed by atoms with van der Waals surface area (Å²) in [5, 5.41) is 6.96. The Morgan fingerprint density at radius 1 is 1.23 bits per heavy atom. The summed E-state index contributed by atoms with van der Waals surface area (Å²) in [5.41, 5.74) is 0. The minimum Gasteiger partial charge on any atom is -0.355 e. The first kappa shape index (κ1) is 19.7. The van der Waals surface area contributed by atoms with Crippen LogP contribution in [0.2, 0.25) is 0 Å². The maximum Gasteiger partial charge on any atom is 0.191 e. The Hall–Kier alpha value is -0.340. The van der Waals surface area contributed by atoms with Crippen molar-refractivity contribution in [2.45, 2.75) is 38.8 Å². The van der Waals surface area contributed by atoms with Crippen LogP contribution in [-0.2, 0) is 0 Å². The van der Waals surface area contributed by atoms with Crippen molar-refractivity contribution in [3.63, 3.8) is 0 Å². The van der Waals surface area contributed by atoms with Gasteiger partial charge in [0, 0.05) is 51.9 Å². The van der Waals surface area contributed by atoms with Gasteiger partial charge in [-0.25, -0.2) is 0 Å². The molecule has 6 heteroatoms. The number of hydrogen-bond acceptors (Lipinski definition) is 3. The van der Waals surface area contributed by atoms with Gasteiger partial charge in [0.2, 0.25) is 0 Å². The van der Waals surface area contributed by atoms with Crippen LogP contribution in [0.4, 0.5) is 0 Å². The number of guanidine groups is 1. The number of piperazine rings is 1. The van der Waals surface area contributed by atoms with Crippen molar-refractivity contribution in [3.8, 4) is 0 Å². The van der Waals surface area contributed by atoms with E-state index < -0.39 is 0 Å². The lowest BCUT2D eigenvalue weighted by molar-refractivity contribution is 0.107. The van der Waals surface area contributed by atoms with Crippen molar-refractivity contribution < 1.29 is 0 Å². The van der Waals surface area contributed by atoms with Crippen LogP contribution in [0, 0.1) is 0 Å². The maximum atomic E-state index is 4.33. The first-order chi connectivity index (χ1) is 10.2. The average molecular weight is 421 g/mol. The lowest BCUT2D eigenvalue weighted by atomic mass is 10.2. The molecule has 0 spiro atoms. The number of halogens is 1. The van der Waals surface area contributed by atoms with Crippen molar-refractivity contribution in [3.05, 3.63) is 12.2 Å². The quantitative estimate of drug-likeness (QED) is 0.306. The summed E-state index contributed by atoms with van der Waals surface area (Å²) in [6, 6.07) is 1.06. The summed E-state index contributed by atoms with van der Waals surface area (Å²) in [4.78, 5) is 9.42. The number of nitrogens with zero attached hydrogens (tertiary/aromatic N) is 3. The van der Waals surface area contributed by atoms with Gasteiger partial charge in [0.25, 0.3) is 0 Å². The van der Waals surface area contributed by atoms with Crippen molar-refractivity contribution in [1.82, 2.24) is 20.4 Å². The van der Waals surface area contributed by atoms with E-state index in [0.717, 1.165) is 25.3 Å². The second-order valence-corrected chi connectivity index (χ2v) is 6.06. The highest BCUT2D eigenvalue weighted by atomic mass is 127. The van der Waals surface area contributed by atoms with Crippen LogP contribution in [0.3, 0.4) is 0 Å². The summed E-state index contributed by atoms with van der Waals surface area (Å²) in [6.07, 6.45) is 6.69. The lowest BCUT2D eigenvalue weighted by Gasteiger charge is -2.37. The molecule has 5 nitrogen and oxygen atoms in total. The van der Waals surface area contributed by atoms with Crippen LogP contribution >= 0.6 is 24.0 Å². The first-order valence-electron chi connectivity index (χ1n) is 8.31. The third-order valence-electron chi connectivity index (χ3n) is 4.61. The lowest BCUT2D eigenvalue weighted by Crippen LogP contribution is -2.53. The second kappa shape index (κ2) is 10.4. The van der Waals surface area contributed by atoms with Crippen LogP contribution in [0.1, 0.15) is 26.7 Å². The molecule has 0 amide bonds. The Morgan fingerprint density at radius 2 is 1.86 bits per heavy atom. The van der Waals surface area contributed by atoms with Crippen LogP contribution in [0.25, 0.3) is 0 Å². The van der Waals surface area contributed by atoms with Crippen molar-refractivity contribution in [2.24, 2.45) is 4.99 Å². The van der Waals surface area contributed by atoms with Gasteiger partial charge in [0.15, 0.2) is 5.96 Å². The summed E-state index contributed by atoms with van der Waals surface area (Å²) in [7, 11) is 1.85. The second-order valence-electron chi connectivity index (χ2n) is 6.06. The molecule has 1 unspecified atom stereocenters. The van der Waals surface area contributed by atoms with E-state index >= 15 is 0 Å². The van der Waals surface area contributed by atoms with Gasteiger partial charge in [-0.1, -0.05) is 19.1 Å². The van der Waals surface area contributed by atoms with E-state index in [1.54, 1.807) is 0 Å². The predicted molar refractivity (Wildman–Crippen MR) is 105 cm³/mol. The van der Waals surface area contributed by atoms with Gasteiger partial charge in [0.1, 0.15) is 0 Å². The number of rotatable bonds is 5. The summed E-state index contributed by atoms with van der Waals surface area (Å²) in [5.74, 6) is 0.933. The SMILES string of the molecule is CCN1CCN(C(C)CNC(=NC)NC2CC=CC2)CC1.I. The van der Waals surface area contributed by atoms with Crippen LogP contribution < -0.4 is 10.6 Å². The molecule has 128 valence electrons. The Kier molecular flexibility index (Phi) is 9.35. The topological polar surface area (TPSA) is 42.9 Å². The largest absolute Gasteiger partial charge is 0.355 e. The van der Waals surface area contributed by atoms with Crippen LogP contribution in [0.15, 0.2) is 17.1 Å². The fourth-order valence-corrected chi connectivity index (χ4v) is 3.02. The fourth-order valence-electron chi connectivity index (χ4n) is 3.02. The first-order valence-corrected chi connectivity index (χ1v) is 8.31. The Bertz CT molecular complexity index is 356. The van der Waals surface area contributed by atoms with Crippen molar-refractivity contribution >= 4 is 29.9 Å². The van der Waals surface area contributed by atoms with Gasteiger partial charge >= 0.3 is 0 Å². The normalized spacial score (nSPS) is 22.4. The zero-order chi connectivity index (χ0) is 15.1. The molecule has 2 rings (SSSR count). The molecule has 1 aliphatic heterocycles. The molecule has 0 bridgehead atoms. The molecule has 0 aromatic heterocycles. The number of hydrogen-bond donors (Lipinski definition) is 2. The van der Waals surface area contributed by atoms with E-state index in [1.807, 2.05) is 7.05 Å². The molecule has 1 saturated heterocycles. The Labute approximate surface area is 152 Å². The van der Waals surface area contributed by atoms with Crippen molar-refractivity contribution in [1.29, 1.82) is 0 Å². The van der Waals surface area contributed by atoms with Gasteiger partial charge in [-0.3, -0.25) is 9.89 Å². The van der Waals surface area contributed by atoms with Crippen LogP contribution in [-0.4, -0.2) is 74.2 Å². The highest BCUT2D eigenvalue weighted by molar-refractivity contribution is 14.0. The Morgan fingerprint density at radius 3 is 2.41 bits per heavy atom. The number of nitrogens with one attached hydrogen (secondary N) is 2.